The topological polar surface area (TPSA) is 70.9 Å². The summed E-state index contributed by atoms with van der Waals surface area (Å²) >= 11 is 0. The minimum atomic E-state index is 0.426. The molecule has 3 aromatic rings. The molecule has 0 saturated carbocycles. The molecule has 0 aliphatic carbocycles. The number of imidazole rings is 1. The van der Waals surface area contributed by atoms with Gasteiger partial charge in [-0.2, -0.15) is 5.26 Å². The van der Waals surface area contributed by atoms with Gasteiger partial charge < -0.3 is 14.5 Å². The van der Waals surface area contributed by atoms with Crippen molar-refractivity contribution in [3.63, 3.8) is 0 Å². The van der Waals surface area contributed by atoms with Gasteiger partial charge >= 0.3 is 0 Å². The third-order valence-electron chi connectivity index (χ3n) is 3.75. The van der Waals surface area contributed by atoms with Crippen LogP contribution in [0.2, 0.25) is 0 Å². The first-order chi connectivity index (χ1) is 11.6. The second-order valence-corrected chi connectivity index (χ2v) is 5.38. The highest BCUT2D eigenvalue weighted by Crippen LogP contribution is 2.28. The van der Waals surface area contributed by atoms with Crippen LogP contribution in [0.1, 0.15) is 17.0 Å². The van der Waals surface area contributed by atoms with Crippen molar-refractivity contribution in [1.82, 2.24) is 9.97 Å². The van der Waals surface area contributed by atoms with E-state index in [1.165, 1.54) is 0 Å². The molecule has 0 fully saturated rings. The number of allylic oxidation sites excluding steroid dienone is 1. The number of aromatic nitrogens is 2. The largest absolute Gasteiger partial charge is 0.497 e. The molecule has 2 aromatic carbocycles. The monoisotopic (exact) mass is 319 g/mol. The quantitative estimate of drug-likeness (QED) is 0.739. The van der Waals surface area contributed by atoms with E-state index in [1.54, 1.807) is 20.3 Å². The lowest BCUT2D eigenvalue weighted by molar-refractivity contribution is 0.402. The van der Waals surface area contributed by atoms with Gasteiger partial charge in [0.1, 0.15) is 23.4 Å². The summed E-state index contributed by atoms with van der Waals surface area (Å²) in [5, 5.41) is 9.56. The SMILES string of the molecule is COc1ccc(OC)c(/C=C(/C#N)c2nc3ccc(C)cc3[nH]2)c1. The zero-order valence-corrected chi connectivity index (χ0v) is 13.8. The second-order valence-electron chi connectivity index (χ2n) is 5.38. The Balaban J connectivity index is 2.10. The fraction of sp³-hybridized carbons (Fsp3) is 0.158. The second kappa shape index (κ2) is 6.47. The van der Waals surface area contributed by atoms with Crippen LogP contribution >= 0.6 is 0 Å². The molecule has 5 nitrogen and oxygen atoms in total. The summed E-state index contributed by atoms with van der Waals surface area (Å²) in [5.74, 6) is 1.89. The molecule has 1 aromatic heterocycles. The van der Waals surface area contributed by atoms with Crippen molar-refractivity contribution in [3.05, 3.63) is 53.3 Å². The van der Waals surface area contributed by atoms with E-state index in [0.717, 1.165) is 22.2 Å². The van der Waals surface area contributed by atoms with Crippen LogP contribution in [0.4, 0.5) is 0 Å². The normalized spacial score (nSPS) is 11.3. The molecule has 0 aliphatic rings. The van der Waals surface area contributed by atoms with Crippen molar-refractivity contribution in [2.24, 2.45) is 0 Å². The van der Waals surface area contributed by atoms with E-state index in [9.17, 15) is 5.26 Å². The van der Waals surface area contributed by atoms with E-state index < -0.39 is 0 Å². The van der Waals surface area contributed by atoms with E-state index in [2.05, 4.69) is 16.0 Å². The van der Waals surface area contributed by atoms with E-state index in [1.807, 2.05) is 43.3 Å². The Morgan fingerprint density at radius 2 is 2.00 bits per heavy atom. The summed E-state index contributed by atoms with van der Waals surface area (Å²) in [5.41, 5.74) is 4.05. The first-order valence-electron chi connectivity index (χ1n) is 7.45. The molecule has 0 aliphatic heterocycles. The summed E-state index contributed by atoms with van der Waals surface area (Å²) in [6, 6.07) is 13.6. The van der Waals surface area contributed by atoms with Gasteiger partial charge in [0.25, 0.3) is 0 Å². The number of H-pyrrole nitrogens is 1. The molecule has 3 rings (SSSR count). The summed E-state index contributed by atoms with van der Waals surface area (Å²) in [6.07, 6.45) is 1.74. The first kappa shape index (κ1) is 15.6. The van der Waals surface area contributed by atoms with Gasteiger partial charge in [-0.1, -0.05) is 6.07 Å². The molecular formula is C19H17N3O2. The number of fused-ring (bicyclic) bond motifs is 1. The predicted octanol–water partition coefficient (Wildman–Crippen LogP) is 3.95. The van der Waals surface area contributed by atoms with Crippen LogP contribution in [-0.4, -0.2) is 24.2 Å². The van der Waals surface area contributed by atoms with Gasteiger partial charge in [-0.25, -0.2) is 4.98 Å². The number of nitriles is 1. The molecule has 0 amide bonds. The summed E-state index contributed by atoms with van der Waals surface area (Å²) in [4.78, 5) is 7.70. The molecular weight excluding hydrogens is 302 g/mol. The van der Waals surface area contributed by atoms with Crippen molar-refractivity contribution >= 4 is 22.7 Å². The smallest absolute Gasteiger partial charge is 0.149 e. The van der Waals surface area contributed by atoms with Crippen molar-refractivity contribution < 1.29 is 9.47 Å². The van der Waals surface area contributed by atoms with Gasteiger partial charge in [0.05, 0.1) is 30.8 Å². The maximum Gasteiger partial charge on any atom is 0.149 e. The Morgan fingerprint density at radius 1 is 1.17 bits per heavy atom. The average molecular weight is 319 g/mol. The summed E-state index contributed by atoms with van der Waals surface area (Å²) < 4.78 is 10.6. The molecule has 0 atom stereocenters. The molecule has 0 spiro atoms. The fourth-order valence-corrected chi connectivity index (χ4v) is 2.51. The molecule has 5 heteroatoms. The molecule has 1 N–H and O–H groups in total. The minimum absolute atomic E-state index is 0.426. The van der Waals surface area contributed by atoms with Crippen LogP contribution in [-0.2, 0) is 0 Å². The number of rotatable bonds is 4. The van der Waals surface area contributed by atoms with Gasteiger partial charge in [0, 0.05) is 5.56 Å². The van der Waals surface area contributed by atoms with E-state index in [-0.39, 0.29) is 0 Å². The highest BCUT2D eigenvalue weighted by Gasteiger charge is 2.10. The maximum atomic E-state index is 9.56. The molecule has 0 bridgehead atoms. The van der Waals surface area contributed by atoms with Crippen molar-refractivity contribution in [3.8, 4) is 17.6 Å². The number of hydrogen-bond acceptors (Lipinski definition) is 4. The van der Waals surface area contributed by atoms with Crippen LogP contribution in [0.15, 0.2) is 36.4 Å². The number of methoxy groups -OCH3 is 2. The van der Waals surface area contributed by atoms with E-state index >= 15 is 0 Å². The lowest BCUT2D eigenvalue weighted by atomic mass is 10.1. The Labute approximate surface area is 140 Å². The Kier molecular flexibility index (Phi) is 4.21. The third-order valence-corrected chi connectivity index (χ3v) is 3.75. The van der Waals surface area contributed by atoms with Crippen LogP contribution in [0.3, 0.4) is 0 Å². The number of aromatic amines is 1. The summed E-state index contributed by atoms with van der Waals surface area (Å²) in [7, 11) is 3.19. The van der Waals surface area contributed by atoms with Crippen LogP contribution in [0.25, 0.3) is 22.7 Å². The van der Waals surface area contributed by atoms with Crippen LogP contribution in [0.5, 0.6) is 11.5 Å². The average Bonchev–Trinajstić information content (AvgIpc) is 3.02. The zero-order chi connectivity index (χ0) is 17.1. The van der Waals surface area contributed by atoms with Crippen LogP contribution in [0, 0.1) is 18.3 Å². The Morgan fingerprint density at radius 3 is 2.71 bits per heavy atom. The first-order valence-corrected chi connectivity index (χ1v) is 7.45. The van der Waals surface area contributed by atoms with Crippen molar-refractivity contribution in [2.75, 3.05) is 14.2 Å². The lowest BCUT2D eigenvalue weighted by Gasteiger charge is -2.07. The molecule has 1 heterocycles. The molecule has 24 heavy (non-hydrogen) atoms. The van der Waals surface area contributed by atoms with Gasteiger partial charge in [-0.15, -0.1) is 0 Å². The number of benzene rings is 2. The van der Waals surface area contributed by atoms with E-state index in [4.69, 9.17) is 9.47 Å². The number of nitrogens with zero attached hydrogens (tertiary/aromatic N) is 2. The lowest BCUT2D eigenvalue weighted by Crippen LogP contribution is -1.91. The Bertz CT molecular complexity index is 964. The number of ether oxygens (including phenoxy) is 2. The standard InChI is InChI=1S/C19H17N3O2/c1-12-4-6-16-17(8-12)22-19(21-16)14(11-20)9-13-10-15(23-2)5-7-18(13)24-3/h4-10H,1-3H3,(H,21,22)/b14-9-. The van der Waals surface area contributed by atoms with Gasteiger partial charge in [0.2, 0.25) is 0 Å². The summed E-state index contributed by atoms with van der Waals surface area (Å²) in [6.45, 7) is 2.02. The molecule has 0 unspecified atom stereocenters. The number of nitrogens with one attached hydrogen (secondary N) is 1. The minimum Gasteiger partial charge on any atom is -0.497 e. The van der Waals surface area contributed by atoms with Gasteiger partial charge in [-0.05, 0) is 48.9 Å². The van der Waals surface area contributed by atoms with Gasteiger partial charge in [-0.3, -0.25) is 0 Å². The molecule has 120 valence electrons. The van der Waals surface area contributed by atoms with Gasteiger partial charge in [0.15, 0.2) is 0 Å². The van der Waals surface area contributed by atoms with E-state index in [0.29, 0.717) is 22.9 Å². The van der Waals surface area contributed by atoms with Crippen molar-refractivity contribution in [1.29, 1.82) is 5.26 Å². The van der Waals surface area contributed by atoms with Crippen LogP contribution < -0.4 is 9.47 Å². The predicted molar refractivity (Wildman–Crippen MR) is 93.9 cm³/mol. The Hall–Kier alpha value is -3.26. The maximum absolute atomic E-state index is 9.56. The number of aryl methyl sites for hydroxylation is 1. The molecule has 0 saturated heterocycles. The third kappa shape index (κ3) is 2.95. The highest BCUT2D eigenvalue weighted by molar-refractivity contribution is 5.91. The van der Waals surface area contributed by atoms with Crippen molar-refractivity contribution in [2.45, 2.75) is 6.92 Å². The highest BCUT2D eigenvalue weighted by atomic mass is 16.5. The molecule has 0 radical (unpaired) electrons. The number of hydrogen-bond donors (Lipinski definition) is 1. The zero-order valence-electron chi connectivity index (χ0n) is 13.8. The fourth-order valence-electron chi connectivity index (χ4n) is 2.51.